The van der Waals surface area contributed by atoms with Gasteiger partial charge in [-0.05, 0) is 48.2 Å². The third-order valence-corrected chi connectivity index (χ3v) is 3.38. The molecule has 2 rings (SSSR count). The van der Waals surface area contributed by atoms with E-state index in [4.69, 9.17) is 11.5 Å². The second kappa shape index (κ2) is 7.82. The maximum Gasteiger partial charge on any atom is 0.249 e. The van der Waals surface area contributed by atoms with Crippen molar-refractivity contribution in [3.8, 4) is 11.1 Å². The zero-order chi connectivity index (χ0) is 14.9. The van der Waals surface area contributed by atoms with Gasteiger partial charge >= 0.3 is 0 Å². The normalized spacial score (nSPS) is 9.36. The van der Waals surface area contributed by atoms with Crippen LogP contribution in [0.15, 0.2) is 36.4 Å². The lowest BCUT2D eigenvalue weighted by Gasteiger charge is -2.12. The molecule has 22 heavy (non-hydrogen) atoms. The third-order valence-electron chi connectivity index (χ3n) is 3.38. The molecule has 0 aliphatic rings. The van der Waals surface area contributed by atoms with Crippen molar-refractivity contribution in [1.29, 1.82) is 0 Å². The Labute approximate surface area is 141 Å². The molecular formula is C16H18Cl2N2O2. The van der Waals surface area contributed by atoms with E-state index in [-0.39, 0.29) is 24.8 Å². The van der Waals surface area contributed by atoms with Gasteiger partial charge in [-0.1, -0.05) is 24.3 Å². The van der Waals surface area contributed by atoms with Crippen molar-refractivity contribution < 1.29 is 9.59 Å². The maximum absolute atomic E-state index is 11.5. The van der Waals surface area contributed by atoms with E-state index in [2.05, 4.69) is 0 Å². The van der Waals surface area contributed by atoms with Crippen molar-refractivity contribution in [2.75, 3.05) is 0 Å². The van der Waals surface area contributed by atoms with E-state index >= 15 is 0 Å². The van der Waals surface area contributed by atoms with Crippen LogP contribution in [0, 0.1) is 13.8 Å². The molecule has 0 saturated heterocycles. The van der Waals surface area contributed by atoms with E-state index in [0.717, 1.165) is 22.3 Å². The molecule has 0 radical (unpaired) electrons. The van der Waals surface area contributed by atoms with Crippen molar-refractivity contribution in [3.63, 3.8) is 0 Å². The highest BCUT2D eigenvalue weighted by atomic mass is 35.5. The standard InChI is InChI=1S/C16H16N2O2.2ClH/c1-9-6-7-13(10(2)14(9)16(18)20)11-4-3-5-12(8-11)15(17)19;;/h3-8H,1-2H3,(H2,17,19)(H2,18,20);2*1H. The van der Waals surface area contributed by atoms with Crippen LogP contribution in [0.25, 0.3) is 11.1 Å². The second-order valence-electron chi connectivity index (χ2n) is 4.74. The average molecular weight is 341 g/mol. The van der Waals surface area contributed by atoms with E-state index in [1.165, 1.54) is 0 Å². The number of halogens is 2. The molecule has 2 aromatic rings. The van der Waals surface area contributed by atoms with Crippen LogP contribution < -0.4 is 11.5 Å². The molecule has 0 fully saturated rings. The first-order valence-electron chi connectivity index (χ1n) is 6.22. The predicted octanol–water partition coefficient (Wildman–Crippen LogP) is 3.01. The van der Waals surface area contributed by atoms with Crippen molar-refractivity contribution in [2.24, 2.45) is 11.5 Å². The van der Waals surface area contributed by atoms with E-state index in [1.807, 2.05) is 32.0 Å². The van der Waals surface area contributed by atoms with E-state index in [1.54, 1.807) is 18.2 Å². The molecular weight excluding hydrogens is 323 g/mol. The lowest BCUT2D eigenvalue weighted by Crippen LogP contribution is -2.15. The van der Waals surface area contributed by atoms with Gasteiger partial charge in [0.1, 0.15) is 0 Å². The number of rotatable bonds is 3. The monoisotopic (exact) mass is 340 g/mol. The van der Waals surface area contributed by atoms with Crippen LogP contribution in [0.4, 0.5) is 0 Å². The summed E-state index contributed by atoms with van der Waals surface area (Å²) >= 11 is 0. The lowest BCUT2D eigenvalue weighted by atomic mass is 9.92. The Morgan fingerprint density at radius 2 is 1.55 bits per heavy atom. The first-order valence-corrected chi connectivity index (χ1v) is 6.22. The minimum atomic E-state index is -0.480. The smallest absolute Gasteiger partial charge is 0.249 e. The summed E-state index contributed by atoms with van der Waals surface area (Å²) in [5, 5.41) is 0. The number of hydrogen-bond acceptors (Lipinski definition) is 2. The molecule has 0 unspecified atom stereocenters. The molecule has 0 atom stereocenters. The summed E-state index contributed by atoms with van der Waals surface area (Å²) in [6.07, 6.45) is 0. The highest BCUT2D eigenvalue weighted by Gasteiger charge is 2.13. The molecule has 2 amide bonds. The lowest BCUT2D eigenvalue weighted by molar-refractivity contribution is 0.0991. The van der Waals surface area contributed by atoms with Gasteiger partial charge in [-0.2, -0.15) is 0 Å². The highest BCUT2D eigenvalue weighted by molar-refractivity contribution is 5.98. The van der Waals surface area contributed by atoms with Crippen LogP contribution in [-0.2, 0) is 0 Å². The molecule has 118 valence electrons. The molecule has 0 aliphatic heterocycles. The molecule has 0 heterocycles. The first-order chi connectivity index (χ1) is 9.41. The van der Waals surface area contributed by atoms with Gasteiger partial charge in [0, 0.05) is 11.1 Å². The summed E-state index contributed by atoms with van der Waals surface area (Å²) < 4.78 is 0. The molecule has 0 aromatic heterocycles. The molecule has 4 N–H and O–H groups in total. The summed E-state index contributed by atoms with van der Waals surface area (Å²) in [6.45, 7) is 3.69. The van der Waals surface area contributed by atoms with Crippen molar-refractivity contribution in [3.05, 3.63) is 58.7 Å². The van der Waals surface area contributed by atoms with Gasteiger partial charge in [0.15, 0.2) is 0 Å². The Hall–Kier alpha value is -2.04. The zero-order valence-electron chi connectivity index (χ0n) is 12.3. The van der Waals surface area contributed by atoms with E-state index in [9.17, 15) is 9.59 Å². The Bertz CT molecular complexity index is 715. The summed E-state index contributed by atoms with van der Waals surface area (Å²) in [6, 6.07) is 10.8. The molecule has 6 heteroatoms. The van der Waals surface area contributed by atoms with Crippen LogP contribution in [0.1, 0.15) is 31.8 Å². The Kier molecular flexibility index (Phi) is 7.10. The van der Waals surface area contributed by atoms with E-state index < -0.39 is 11.8 Å². The van der Waals surface area contributed by atoms with Crippen LogP contribution in [-0.4, -0.2) is 11.8 Å². The average Bonchev–Trinajstić information content (AvgIpc) is 2.38. The van der Waals surface area contributed by atoms with Crippen LogP contribution in [0.2, 0.25) is 0 Å². The fourth-order valence-electron chi connectivity index (χ4n) is 2.38. The fourth-order valence-corrected chi connectivity index (χ4v) is 2.38. The summed E-state index contributed by atoms with van der Waals surface area (Å²) in [7, 11) is 0. The SMILES string of the molecule is Cc1ccc(-c2cccc(C(N)=O)c2)c(C)c1C(N)=O.Cl.Cl. The number of hydrogen-bond donors (Lipinski definition) is 2. The summed E-state index contributed by atoms with van der Waals surface area (Å²) in [5.41, 5.74) is 15.0. The number of nitrogens with two attached hydrogens (primary N) is 2. The van der Waals surface area contributed by atoms with Gasteiger partial charge in [0.25, 0.3) is 0 Å². The van der Waals surface area contributed by atoms with Crippen LogP contribution in [0.3, 0.4) is 0 Å². The molecule has 0 bridgehead atoms. The number of carbonyl (C=O) groups excluding carboxylic acids is 2. The molecule has 0 aliphatic carbocycles. The highest BCUT2D eigenvalue weighted by Crippen LogP contribution is 2.28. The topological polar surface area (TPSA) is 86.2 Å². The Morgan fingerprint density at radius 1 is 0.909 bits per heavy atom. The summed E-state index contributed by atoms with van der Waals surface area (Å²) in [4.78, 5) is 22.8. The second-order valence-corrected chi connectivity index (χ2v) is 4.74. The number of benzene rings is 2. The van der Waals surface area contributed by atoms with Gasteiger partial charge in [-0.15, -0.1) is 24.8 Å². The summed E-state index contributed by atoms with van der Waals surface area (Å²) in [5.74, 6) is -0.931. The number of carbonyl (C=O) groups is 2. The minimum Gasteiger partial charge on any atom is -0.366 e. The molecule has 2 aromatic carbocycles. The van der Waals surface area contributed by atoms with Crippen molar-refractivity contribution >= 4 is 36.6 Å². The number of amides is 2. The first kappa shape index (κ1) is 20.0. The predicted molar refractivity (Wildman–Crippen MR) is 92.9 cm³/mol. The van der Waals surface area contributed by atoms with Gasteiger partial charge in [-0.25, -0.2) is 0 Å². The van der Waals surface area contributed by atoms with Crippen LogP contribution in [0.5, 0.6) is 0 Å². The van der Waals surface area contributed by atoms with Gasteiger partial charge < -0.3 is 11.5 Å². The molecule has 0 saturated carbocycles. The quantitative estimate of drug-likeness (QED) is 0.899. The largest absolute Gasteiger partial charge is 0.366 e. The van der Waals surface area contributed by atoms with Gasteiger partial charge in [-0.3, -0.25) is 9.59 Å². The number of aryl methyl sites for hydroxylation is 1. The molecule has 4 nitrogen and oxygen atoms in total. The van der Waals surface area contributed by atoms with Crippen molar-refractivity contribution in [2.45, 2.75) is 13.8 Å². The molecule has 0 spiro atoms. The number of primary amides is 2. The Balaban J connectivity index is 0.00000220. The maximum atomic E-state index is 11.5. The van der Waals surface area contributed by atoms with Crippen LogP contribution >= 0.6 is 24.8 Å². The Morgan fingerprint density at radius 3 is 2.09 bits per heavy atom. The third kappa shape index (κ3) is 3.78. The fraction of sp³-hybridized carbons (Fsp3) is 0.125. The van der Waals surface area contributed by atoms with Gasteiger partial charge in [0.2, 0.25) is 11.8 Å². The zero-order valence-corrected chi connectivity index (χ0v) is 13.9. The van der Waals surface area contributed by atoms with Gasteiger partial charge in [0.05, 0.1) is 0 Å². The van der Waals surface area contributed by atoms with E-state index in [0.29, 0.717) is 11.1 Å². The van der Waals surface area contributed by atoms with Crippen molar-refractivity contribution in [1.82, 2.24) is 0 Å². The minimum absolute atomic E-state index is 0.